The fourth-order valence-electron chi connectivity index (χ4n) is 4.10. The van der Waals surface area contributed by atoms with Crippen molar-refractivity contribution in [2.75, 3.05) is 25.5 Å². The van der Waals surface area contributed by atoms with Crippen LogP contribution < -0.4 is 5.32 Å². The van der Waals surface area contributed by atoms with Crippen LogP contribution in [-0.4, -0.2) is 61.9 Å². The number of rotatable bonds is 4. The highest BCUT2D eigenvalue weighted by Gasteiger charge is 2.25. The van der Waals surface area contributed by atoms with Crippen LogP contribution >= 0.6 is 0 Å². The Morgan fingerprint density at radius 1 is 1.39 bits per heavy atom. The van der Waals surface area contributed by atoms with Gasteiger partial charge in [0.1, 0.15) is 17.8 Å². The van der Waals surface area contributed by atoms with Gasteiger partial charge in [-0.3, -0.25) is 0 Å². The van der Waals surface area contributed by atoms with Gasteiger partial charge in [-0.1, -0.05) is 18.2 Å². The van der Waals surface area contributed by atoms with Gasteiger partial charge >= 0.3 is 6.09 Å². The molecule has 4 heterocycles. The molecular weight excluding hydrogens is 396 g/mol. The average molecular weight is 420 g/mol. The lowest BCUT2D eigenvalue weighted by Gasteiger charge is -2.15. The minimum Gasteiger partial charge on any atom is -0.445 e. The highest BCUT2D eigenvalue weighted by molar-refractivity contribution is 6.07. The van der Waals surface area contributed by atoms with Crippen molar-refractivity contribution in [1.82, 2.24) is 24.4 Å². The predicted molar refractivity (Wildman–Crippen MR) is 118 cm³/mol. The summed E-state index contributed by atoms with van der Waals surface area (Å²) < 4.78 is 7.43. The van der Waals surface area contributed by atoms with Gasteiger partial charge in [0.2, 0.25) is 0 Å². The molecule has 1 aliphatic rings. The first-order valence-corrected chi connectivity index (χ1v) is 10.2. The molecule has 0 spiro atoms. The Balaban J connectivity index is 1.42. The van der Waals surface area contributed by atoms with Gasteiger partial charge in [-0.25, -0.2) is 14.8 Å². The van der Waals surface area contributed by atoms with Crippen molar-refractivity contribution in [2.24, 2.45) is 7.05 Å². The van der Waals surface area contributed by atoms with Crippen LogP contribution in [0.3, 0.4) is 0 Å². The normalized spacial score (nSPS) is 16.4. The molecule has 0 radical (unpaired) electrons. The topological polar surface area (TPSA) is 108 Å². The van der Waals surface area contributed by atoms with Gasteiger partial charge in [0.05, 0.1) is 17.9 Å². The standard InChI is InChI=1S/C22H24N6O3/c1-23-21-18-19(27(2)12-24-18)16-9-17(25-20(16)26-21)14-5-3-4-13(8-14)11-31-22(30)28-7-6-15(29)10-28/h3-5,8-9,12,15,29H,6-7,10-11H2,1-2H3,(H2,23,25,26)/t15-/m0/s1. The van der Waals surface area contributed by atoms with Crippen LogP contribution in [0.1, 0.15) is 12.0 Å². The number of likely N-dealkylation sites (tertiary alicyclic amines) is 1. The summed E-state index contributed by atoms with van der Waals surface area (Å²) in [4.78, 5) is 26.3. The van der Waals surface area contributed by atoms with E-state index in [1.807, 2.05) is 42.9 Å². The Labute approximate surface area is 178 Å². The number of amides is 1. The number of nitrogens with one attached hydrogen (secondary N) is 2. The largest absolute Gasteiger partial charge is 0.445 e. The molecule has 4 aromatic rings. The first-order chi connectivity index (χ1) is 15.0. The molecule has 3 aromatic heterocycles. The number of pyridine rings is 1. The number of anilines is 1. The minimum absolute atomic E-state index is 0.174. The van der Waals surface area contributed by atoms with Gasteiger partial charge in [-0.15, -0.1) is 0 Å². The number of hydrogen-bond acceptors (Lipinski definition) is 6. The monoisotopic (exact) mass is 420 g/mol. The maximum Gasteiger partial charge on any atom is 0.410 e. The maximum atomic E-state index is 12.2. The second kappa shape index (κ2) is 7.59. The summed E-state index contributed by atoms with van der Waals surface area (Å²) in [7, 11) is 3.80. The number of benzene rings is 1. The van der Waals surface area contributed by atoms with Gasteiger partial charge in [-0.05, 0) is 29.7 Å². The number of carbonyl (C=O) groups is 1. The summed E-state index contributed by atoms with van der Waals surface area (Å²) >= 11 is 0. The molecule has 1 saturated heterocycles. The summed E-state index contributed by atoms with van der Waals surface area (Å²) in [5.41, 5.74) is 5.41. The van der Waals surface area contributed by atoms with Crippen LogP contribution in [0.5, 0.6) is 0 Å². The number of imidazole rings is 1. The number of aromatic nitrogens is 4. The molecule has 1 atom stereocenters. The zero-order chi connectivity index (χ0) is 21.5. The Bertz CT molecular complexity index is 1280. The number of ether oxygens (including phenoxy) is 1. The Morgan fingerprint density at radius 3 is 3.03 bits per heavy atom. The van der Waals surface area contributed by atoms with Gasteiger partial charge in [0.15, 0.2) is 5.82 Å². The summed E-state index contributed by atoms with van der Waals surface area (Å²) in [5, 5.41) is 13.7. The fraction of sp³-hybridized carbons (Fsp3) is 0.318. The molecule has 160 valence electrons. The zero-order valence-electron chi connectivity index (χ0n) is 17.4. The summed E-state index contributed by atoms with van der Waals surface area (Å²) in [5.74, 6) is 0.726. The number of aromatic amines is 1. The molecule has 9 heteroatoms. The van der Waals surface area contributed by atoms with Gasteiger partial charge in [0, 0.05) is 38.3 Å². The molecule has 5 rings (SSSR count). The van der Waals surface area contributed by atoms with Gasteiger partial charge in [0.25, 0.3) is 0 Å². The van der Waals surface area contributed by atoms with Gasteiger partial charge in [-0.2, -0.15) is 0 Å². The molecule has 0 unspecified atom stereocenters. The van der Waals surface area contributed by atoms with E-state index < -0.39 is 12.2 Å². The molecule has 1 aliphatic heterocycles. The maximum absolute atomic E-state index is 12.2. The lowest BCUT2D eigenvalue weighted by Crippen LogP contribution is -2.30. The molecule has 9 nitrogen and oxygen atoms in total. The number of H-pyrrole nitrogens is 1. The zero-order valence-corrected chi connectivity index (χ0v) is 17.4. The number of aryl methyl sites for hydroxylation is 1. The molecule has 0 aliphatic carbocycles. The van der Waals surface area contributed by atoms with Crippen molar-refractivity contribution in [3.8, 4) is 11.3 Å². The number of aliphatic hydroxyl groups is 1. The van der Waals surface area contributed by atoms with E-state index in [0.717, 1.165) is 44.7 Å². The van der Waals surface area contributed by atoms with Crippen LogP contribution in [0.2, 0.25) is 0 Å². The van der Waals surface area contributed by atoms with E-state index in [1.54, 1.807) is 6.33 Å². The predicted octanol–water partition coefficient (Wildman–Crippen LogP) is 2.86. The van der Waals surface area contributed by atoms with Crippen LogP contribution in [0.25, 0.3) is 33.3 Å². The highest BCUT2D eigenvalue weighted by Crippen LogP contribution is 2.31. The lowest BCUT2D eigenvalue weighted by molar-refractivity contribution is 0.0972. The van der Waals surface area contributed by atoms with E-state index in [9.17, 15) is 9.90 Å². The van der Waals surface area contributed by atoms with E-state index in [0.29, 0.717) is 19.5 Å². The van der Waals surface area contributed by atoms with Crippen molar-refractivity contribution in [3.63, 3.8) is 0 Å². The van der Waals surface area contributed by atoms with Gasteiger partial charge < -0.3 is 29.6 Å². The van der Waals surface area contributed by atoms with Crippen LogP contribution in [0, 0.1) is 0 Å². The Morgan fingerprint density at radius 2 is 2.26 bits per heavy atom. The molecule has 0 saturated carbocycles. The van der Waals surface area contributed by atoms with E-state index in [-0.39, 0.29) is 6.61 Å². The van der Waals surface area contributed by atoms with Crippen molar-refractivity contribution >= 4 is 34.0 Å². The quantitative estimate of drug-likeness (QED) is 0.469. The molecule has 1 fully saturated rings. The molecule has 1 amide bonds. The molecule has 1 aromatic carbocycles. The third-order valence-corrected chi connectivity index (χ3v) is 5.70. The third-order valence-electron chi connectivity index (χ3n) is 5.70. The lowest BCUT2D eigenvalue weighted by atomic mass is 10.1. The Hall–Kier alpha value is -3.59. The number of carbonyl (C=O) groups excluding carboxylic acids is 1. The number of aliphatic hydroxyl groups excluding tert-OH is 1. The number of fused-ring (bicyclic) bond motifs is 3. The average Bonchev–Trinajstić information content (AvgIpc) is 3.49. The van der Waals surface area contributed by atoms with E-state index in [2.05, 4.69) is 26.3 Å². The van der Waals surface area contributed by atoms with Crippen molar-refractivity contribution in [3.05, 3.63) is 42.2 Å². The van der Waals surface area contributed by atoms with E-state index in [4.69, 9.17) is 4.74 Å². The second-order valence-electron chi connectivity index (χ2n) is 7.85. The number of nitrogens with zero attached hydrogens (tertiary/aromatic N) is 4. The third kappa shape index (κ3) is 3.46. The Kier molecular flexibility index (Phi) is 4.74. The highest BCUT2D eigenvalue weighted by atomic mass is 16.6. The SMILES string of the molecule is CNc1nc2[nH]c(-c3cccc(COC(=O)N4CC[C@H](O)C4)c3)cc2c2c1ncn2C. The first kappa shape index (κ1) is 19.4. The van der Waals surface area contributed by atoms with Crippen molar-refractivity contribution in [1.29, 1.82) is 0 Å². The van der Waals surface area contributed by atoms with Crippen molar-refractivity contribution < 1.29 is 14.6 Å². The van der Waals surface area contributed by atoms with E-state index >= 15 is 0 Å². The number of β-amino-alcohol motifs (C(OH)–C–C–N with tert-alkyl or cyclic N) is 1. The first-order valence-electron chi connectivity index (χ1n) is 10.2. The molecule has 0 bridgehead atoms. The molecule has 3 N–H and O–H groups in total. The van der Waals surface area contributed by atoms with Crippen LogP contribution in [0.4, 0.5) is 10.6 Å². The summed E-state index contributed by atoms with van der Waals surface area (Å²) in [6.07, 6.45) is 1.53. The number of hydrogen-bond donors (Lipinski definition) is 3. The minimum atomic E-state index is -0.458. The fourth-order valence-corrected chi connectivity index (χ4v) is 4.10. The van der Waals surface area contributed by atoms with E-state index in [1.165, 1.54) is 4.90 Å². The van der Waals surface area contributed by atoms with Crippen LogP contribution in [-0.2, 0) is 18.4 Å². The van der Waals surface area contributed by atoms with Crippen LogP contribution in [0.15, 0.2) is 36.7 Å². The molecule has 31 heavy (non-hydrogen) atoms. The summed E-state index contributed by atoms with van der Waals surface area (Å²) in [6.45, 7) is 1.03. The smallest absolute Gasteiger partial charge is 0.410 e. The second-order valence-corrected chi connectivity index (χ2v) is 7.85. The van der Waals surface area contributed by atoms with Crippen molar-refractivity contribution in [2.45, 2.75) is 19.1 Å². The summed E-state index contributed by atoms with van der Waals surface area (Å²) in [6, 6.07) is 9.94. The molecular formula is C22H24N6O3.